The van der Waals surface area contributed by atoms with Crippen molar-refractivity contribution in [1.82, 2.24) is 0 Å². The molecule has 0 saturated carbocycles. The molecule has 1 saturated heterocycles. The molecular weight excluding hydrogens is 274 g/mol. The van der Waals surface area contributed by atoms with Crippen LogP contribution in [0.5, 0.6) is 0 Å². The molecule has 19 heavy (non-hydrogen) atoms. The third-order valence-electron chi connectivity index (χ3n) is 3.16. The van der Waals surface area contributed by atoms with Crippen LogP contribution in [0.3, 0.4) is 0 Å². The monoisotopic (exact) mass is 295 g/mol. The number of nitrogens with two attached hydrogens (primary N) is 1. The van der Waals surface area contributed by atoms with Gasteiger partial charge in [-0.25, -0.2) is 0 Å². The first kappa shape index (κ1) is 14.6. The maximum atomic E-state index is 7.90. The highest BCUT2D eigenvalue weighted by Gasteiger charge is 2.21. The van der Waals surface area contributed by atoms with Crippen molar-refractivity contribution in [1.29, 1.82) is 5.41 Å². The molecule has 1 atom stereocenters. The van der Waals surface area contributed by atoms with Gasteiger partial charge in [0.2, 0.25) is 0 Å². The zero-order valence-electron chi connectivity index (χ0n) is 11.5. The van der Waals surface area contributed by atoms with E-state index in [0.29, 0.717) is 5.25 Å². The zero-order chi connectivity index (χ0) is 13.8. The van der Waals surface area contributed by atoms with Crippen LogP contribution < -0.4 is 10.6 Å². The van der Waals surface area contributed by atoms with Crippen LogP contribution in [-0.2, 0) is 0 Å². The SMILES string of the molecule is CCSc1cccc(N2CCSC(C)C2)c1C(=N)N. The Morgan fingerprint density at radius 3 is 3.00 bits per heavy atom. The fraction of sp³-hybridized carbons (Fsp3) is 0.500. The van der Waals surface area contributed by atoms with Gasteiger partial charge in [0.05, 0.1) is 5.56 Å². The fourth-order valence-corrected chi connectivity index (χ4v) is 4.22. The van der Waals surface area contributed by atoms with Crippen LogP contribution in [0.1, 0.15) is 19.4 Å². The lowest BCUT2D eigenvalue weighted by atomic mass is 10.1. The number of amidine groups is 1. The molecule has 1 aromatic carbocycles. The third kappa shape index (κ3) is 3.39. The first-order valence-corrected chi connectivity index (χ1v) is 8.63. The van der Waals surface area contributed by atoms with Crippen molar-refractivity contribution in [3.8, 4) is 0 Å². The molecule has 3 nitrogen and oxygen atoms in total. The zero-order valence-corrected chi connectivity index (χ0v) is 13.1. The first-order chi connectivity index (χ1) is 9.13. The van der Waals surface area contributed by atoms with Gasteiger partial charge in [0, 0.05) is 34.7 Å². The van der Waals surface area contributed by atoms with E-state index in [0.717, 1.165) is 40.7 Å². The molecule has 1 unspecified atom stereocenters. The van der Waals surface area contributed by atoms with Crippen molar-refractivity contribution < 1.29 is 0 Å². The van der Waals surface area contributed by atoms with Crippen molar-refractivity contribution in [3.05, 3.63) is 23.8 Å². The molecule has 0 bridgehead atoms. The Bertz CT molecular complexity index is 462. The van der Waals surface area contributed by atoms with E-state index in [1.54, 1.807) is 11.8 Å². The standard InChI is InChI=1S/C14H21N3S2/c1-3-18-12-6-4-5-11(13(12)14(15)16)17-7-8-19-10(2)9-17/h4-6,10H,3,7-9H2,1-2H3,(H3,15,16). The second-order valence-electron chi connectivity index (χ2n) is 4.62. The first-order valence-electron chi connectivity index (χ1n) is 6.60. The van der Waals surface area contributed by atoms with Crippen LogP contribution in [0.4, 0.5) is 5.69 Å². The van der Waals surface area contributed by atoms with Crippen molar-refractivity contribution in [2.75, 3.05) is 29.5 Å². The highest BCUT2D eigenvalue weighted by molar-refractivity contribution is 8.00. The Kier molecular flexibility index (Phi) is 5.05. The quantitative estimate of drug-likeness (QED) is 0.509. The maximum absolute atomic E-state index is 7.90. The number of rotatable bonds is 4. The topological polar surface area (TPSA) is 53.1 Å². The van der Waals surface area contributed by atoms with Gasteiger partial charge in [0.15, 0.2) is 0 Å². The summed E-state index contributed by atoms with van der Waals surface area (Å²) in [6, 6.07) is 6.24. The Morgan fingerprint density at radius 1 is 1.58 bits per heavy atom. The molecule has 0 aromatic heterocycles. The van der Waals surface area contributed by atoms with Gasteiger partial charge in [-0.05, 0) is 17.9 Å². The molecule has 1 aliphatic rings. The molecule has 104 valence electrons. The van der Waals surface area contributed by atoms with Crippen LogP contribution in [0.2, 0.25) is 0 Å². The summed E-state index contributed by atoms with van der Waals surface area (Å²) in [7, 11) is 0. The Morgan fingerprint density at radius 2 is 2.37 bits per heavy atom. The molecule has 0 spiro atoms. The van der Waals surface area contributed by atoms with E-state index in [2.05, 4.69) is 36.9 Å². The van der Waals surface area contributed by atoms with Gasteiger partial charge in [-0.2, -0.15) is 11.8 Å². The van der Waals surface area contributed by atoms with E-state index in [-0.39, 0.29) is 5.84 Å². The van der Waals surface area contributed by atoms with Gasteiger partial charge < -0.3 is 10.6 Å². The molecule has 1 aliphatic heterocycles. The van der Waals surface area contributed by atoms with Crippen molar-refractivity contribution in [2.24, 2.45) is 5.73 Å². The van der Waals surface area contributed by atoms with Gasteiger partial charge in [0.1, 0.15) is 5.84 Å². The Hall–Kier alpha value is -0.810. The number of anilines is 1. The Balaban J connectivity index is 2.38. The van der Waals surface area contributed by atoms with Crippen LogP contribution in [0, 0.1) is 5.41 Å². The maximum Gasteiger partial charge on any atom is 0.126 e. The highest BCUT2D eigenvalue weighted by Crippen LogP contribution is 2.32. The van der Waals surface area contributed by atoms with Crippen LogP contribution in [0.15, 0.2) is 23.1 Å². The van der Waals surface area contributed by atoms with Crippen LogP contribution in [-0.4, -0.2) is 35.7 Å². The number of thioether (sulfide) groups is 2. The van der Waals surface area contributed by atoms with E-state index in [9.17, 15) is 0 Å². The van der Waals surface area contributed by atoms with E-state index in [1.165, 1.54) is 0 Å². The predicted molar refractivity (Wildman–Crippen MR) is 88.0 cm³/mol. The largest absolute Gasteiger partial charge is 0.384 e. The minimum atomic E-state index is 0.178. The lowest BCUT2D eigenvalue weighted by molar-refractivity contribution is 0.781. The van der Waals surface area contributed by atoms with E-state index < -0.39 is 0 Å². The molecule has 1 aromatic rings. The predicted octanol–water partition coefficient (Wildman–Crippen LogP) is 3.02. The van der Waals surface area contributed by atoms with Crippen molar-refractivity contribution >= 4 is 35.0 Å². The molecule has 0 radical (unpaired) electrons. The molecule has 2 rings (SSSR count). The molecular formula is C14H21N3S2. The second-order valence-corrected chi connectivity index (χ2v) is 7.48. The number of nitrogens with zero attached hydrogens (tertiary/aromatic N) is 1. The van der Waals surface area contributed by atoms with E-state index in [1.807, 2.05) is 11.8 Å². The molecule has 3 N–H and O–H groups in total. The van der Waals surface area contributed by atoms with Gasteiger partial charge in [-0.15, -0.1) is 11.8 Å². The summed E-state index contributed by atoms with van der Waals surface area (Å²) in [5.41, 5.74) is 7.86. The molecule has 5 heteroatoms. The van der Waals surface area contributed by atoms with Crippen molar-refractivity contribution in [3.63, 3.8) is 0 Å². The normalized spacial score (nSPS) is 19.5. The summed E-state index contributed by atoms with van der Waals surface area (Å²) in [4.78, 5) is 3.50. The summed E-state index contributed by atoms with van der Waals surface area (Å²) >= 11 is 3.77. The average molecular weight is 295 g/mol. The summed E-state index contributed by atoms with van der Waals surface area (Å²) in [5, 5.41) is 8.53. The van der Waals surface area contributed by atoms with Gasteiger partial charge in [0.25, 0.3) is 0 Å². The molecule has 1 fully saturated rings. The number of benzene rings is 1. The third-order valence-corrected chi connectivity index (χ3v) is 5.23. The summed E-state index contributed by atoms with van der Waals surface area (Å²) < 4.78 is 0. The number of hydrogen-bond donors (Lipinski definition) is 2. The molecule has 0 amide bonds. The van der Waals surface area contributed by atoms with Crippen LogP contribution >= 0.6 is 23.5 Å². The number of nitrogens with one attached hydrogen (secondary N) is 1. The van der Waals surface area contributed by atoms with E-state index >= 15 is 0 Å². The summed E-state index contributed by atoms with van der Waals surface area (Å²) in [5.74, 6) is 2.32. The van der Waals surface area contributed by atoms with Gasteiger partial charge in [-0.3, -0.25) is 5.41 Å². The minimum absolute atomic E-state index is 0.178. The molecule has 0 aliphatic carbocycles. The number of nitrogen functional groups attached to an aromatic ring is 1. The summed E-state index contributed by atoms with van der Waals surface area (Å²) in [6.45, 7) is 6.45. The van der Waals surface area contributed by atoms with Gasteiger partial charge in [-0.1, -0.05) is 19.9 Å². The van der Waals surface area contributed by atoms with Crippen molar-refractivity contribution in [2.45, 2.75) is 24.0 Å². The second kappa shape index (κ2) is 6.57. The lowest BCUT2D eigenvalue weighted by Crippen LogP contribution is -2.38. The summed E-state index contributed by atoms with van der Waals surface area (Å²) in [6.07, 6.45) is 0. The number of hydrogen-bond acceptors (Lipinski definition) is 4. The fourth-order valence-electron chi connectivity index (χ4n) is 2.37. The smallest absolute Gasteiger partial charge is 0.126 e. The Labute approximate surface area is 123 Å². The van der Waals surface area contributed by atoms with E-state index in [4.69, 9.17) is 11.1 Å². The van der Waals surface area contributed by atoms with Gasteiger partial charge >= 0.3 is 0 Å². The van der Waals surface area contributed by atoms with Crippen LogP contribution in [0.25, 0.3) is 0 Å². The lowest BCUT2D eigenvalue weighted by Gasteiger charge is -2.34. The minimum Gasteiger partial charge on any atom is -0.384 e. The highest BCUT2D eigenvalue weighted by atomic mass is 32.2. The average Bonchev–Trinajstić information content (AvgIpc) is 2.38. The molecule has 1 heterocycles.